The number of piperazine rings is 1. The normalized spacial score (nSPS) is 13.7. The predicted octanol–water partition coefficient (Wildman–Crippen LogP) is 3.32. The molecule has 12 nitrogen and oxygen atoms in total. The molecule has 1 fully saturated rings. The van der Waals surface area contributed by atoms with Crippen LogP contribution in [0.4, 0.5) is 11.6 Å². The molecular formula is C26H29N7O5S. The van der Waals surface area contributed by atoms with Crippen LogP contribution in [0.3, 0.4) is 0 Å². The fourth-order valence-electron chi connectivity index (χ4n) is 3.97. The molecule has 0 bridgehead atoms. The molecule has 0 unspecified atom stereocenters. The van der Waals surface area contributed by atoms with Crippen LogP contribution in [-0.2, 0) is 17.1 Å². The van der Waals surface area contributed by atoms with Gasteiger partial charge in [0.25, 0.3) is 10.0 Å². The summed E-state index contributed by atoms with van der Waals surface area (Å²) in [6.45, 7) is 5.60. The van der Waals surface area contributed by atoms with Crippen LogP contribution in [0, 0.1) is 6.92 Å². The summed E-state index contributed by atoms with van der Waals surface area (Å²) >= 11 is 0. The lowest BCUT2D eigenvalue weighted by molar-refractivity contribution is 0.405. The van der Waals surface area contributed by atoms with E-state index in [0.717, 1.165) is 37.4 Å². The van der Waals surface area contributed by atoms with Gasteiger partial charge in [-0.15, -0.1) is 0 Å². The van der Waals surface area contributed by atoms with E-state index in [0.29, 0.717) is 17.2 Å². The third kappa shape index (κ3) is 6.38. The monoisotopic (exact) mass is 551 g/mol. The van der Waals surface area contributed by atoms with Crippen molar-refractivity contribution in [1.29, 1.82) is 0 Å². The SMILES string of the molecule is COc1ccc(C)c(Oc2cc(Oc3ccc(N4CCNCC4)cc3)nc(NS(=O)(=O)c3cnn(C)c3)n2)c1. The fourth-order valence-corrected chi connectivity index (χ4v) is 4.90. The zero-order chi connectivity index (χ0) is 27.4. The van der Waals surface area contributed by atoms with E-state index in [1.807, 2.05) is 43.3 Å². The second-order valence-electron chi connectivity index (χ2n) is 8.89. The van der Waals surface area contributed by atoms with Crippen LogP contribution in [0.1, 0.15) is 5.56 Å². The molecule has 1 aliphatic heterocycles. The minimum absolute atomic E-state index is 0.0328. The number of hydrogen-bond acceptors (Lipinski definition) is 10. The van der Waals surface area contributed by atoms with Gasteiger partial charge in [0, 0.05) is 51.2 Å². The van der Waals surface area contributed by atoms with Crippen molar-refractivity contribution in [2.45, 2.75) is 11.8 Å². The first-order valence-electron chi connectivity index (χ1n) is 12.3. The third-order valence-electron chi connectivity index (χ3n) is 6.05. The molecule has 1 saturated heterocycles. The van der Waals surface area contributed by atoms with E-state index in [1.165, 1.54) is 23.1 Å². The molecule has 13 heteroatoms. The van der Waals surface area contributed by atoms with Gasteiger partial charge in [0.05, 0.1) is 19.4 Å². The number of ether oxygens (including phenoxy) is 3. The highest BCUT2D eigenvalue weighted by atomic mass is 32.2. The van der Waals surface area contributed by atoms with Gasteiger partial charge in [-0.25, -0.2) is 13.1 Å². The molecular weight excluding hydrogens is 522 g/mol. The Morgan fingerprint density at radius 3 is 2.31 bits per heavy atom. The summed E-state index contributed by atoms with van der Waals surface area (Å²) in [7, 11) is -0.824. The van der Waals surface area contributed by atoms with E-state index in [2.05, 4.69) is 30.0 Å². The molecule has 204 valence electrons. The zero-order valence-electron chi connectivity index (χ0n) is 21.8. The number of anilines is 2. The molecule has 0 amide bonds. The van der Waals surface area contributed by atoms with Crippen molar-refractivity contribution in [3.8, 4) is 29.0 Å². The molecule has 2 aromatic heterocycles. The van der Waals surface area contributed by atoms with Crippen LogP contribution >= 0.6 is 0 Å². The van der Waals surface area contributed by atoms with E-state index >= 15 is 0 Å². The second-order valence-corrected chi connectivity index (χ2v) is 10.6. The highest BCUT2D eigenvalue weighted by Crippen LogP contribution is 2.32. The van der Waals surface area contributed by atoms with Crippen molar-refractivity contribution in [2.75, 3.05) is 42.9 Å². The molecule has 4 aromatic rings. The van der Waals surface area contributed by atoms with Gasteiger partial charge in [-0.1, -0.05) is 6.07 Å². The van der Waals surface area contributed by atoms with Crippen molar-refractivity contribution in [2.24, 2.45) is 7.05 Å². The molecule has 39 heavy (non-hydrogen) atoms. The maximum atomic E-state index is 12.9. The smallest absolute Gasteiger partial charge is 0.267 e. The topological polar surface area (TPSA) is 133 Å². The molecule has 0 aliphatic carbocycles. The summed E-state index contributed by atoms with van der Waals surface area (Å²) in [6.07, 6.45) is 2.61. The van der Waals surface area contributed by atoms with Crippen LogP contribution in [-0.4, -0.2) is 61.5 Å². The fraction of sp³-hybridized carbons (Fsp3) is 0.269. The number of methoxy groups -OCH3 is 1. The van der Waals surface area contributed by atoms with Crippen molar-refractivity contribution >= 4 is 21.7 Å². The first-order valence-corrected chi connectivity index (χ1v) is 13.7. The first kappa shape index (κ1) is 26.3. The van der Waals surface area contributed by atoms with Gasteiger partial charge in [0.2, 0.25) is 17.7 Å². The lowest BCUT2D eigenvalue weighted by atomic mass is 10.2. The van der Waals surface area contributed by atoms with Crippen LogP contribution < -0.4 is 29.1 Å². The minimum Gasteiger partial charge on any atom is -0.497 e. The quantitative estimate of drug-likeness (QED) is 0.319. The summed E-state index contributed by atoms with van der Waals surface area (Å²) in [5.41, 5.74) is 1.92. The largest absolute Gasteiger partial charge is 0.497 e. The molecule has 0 saturated carbocycles. The lowest BCUT2D eigenvalue weighted by Crippen LogP contribution is -2.43. The van der Waals surface area contributed by atoms with Crippen LogP contribution in [0.15, 0.2) is 65.8 Å². The predicted molar refractivity (Wildman–Crippen MR) is 145 cm³/mol. The Labute approximate surface area is 226 Å². The van der Waals surface area contributed by atoms with E-state index in [1.54, 1.807) is 20.2 Å². The maximum Gasteiger partial charge on any atom is 0.267 e. The minimum atomic E-state index is -4.01. The van der Waals surface area contributed by atoms with E-state index in [4.69, 9.17) is 14.2 Å². The van der Waals surface area contributed by atoms with E-state index in [9.17, 15) is 8.42 Å². The Bertz CT molecular complexity index is 1550. The molecule has 2 N–H and O–H groups in total. The Morgan fingerprint density at radius 2 is 1.64 bits per heavy atom. The molecule has 1 aliphatic rings. The van der Waals surface area contributed by atoms with Gasteiger partial charge < -0.3 is 24.4 Å². The number of nitrogens with zero attached hydrogens (tertiary/aromatic N) is 5. The van der Waals surface area contributed by atoms with E-state index in [-0.39, 0.29) is 22.6 Å². The summed E-state index contributed by atoms with van der Waals surface area (Å²) in [6, 6.07) is 14.5. The van der Waals surface area contributed by atoms with Gasteiger partial charge in [-0.2, -0.15) is 15.1 Å². The summed E-state index contributed by atoms with van der Waals surface area (Å²) in [4.78, 5) is 10.8. The summed E-state index contributed by atoms with van der Waals surface area (Å²) in [5, 5.41) is 7.27. The Morgan fingerprint density at radius 1 is 0.949 bits per heavy atom. The molecule has 0 atom stereocenters. The van der Waals surface area contributed by atoms with Crippen molar-refractivity contribution in [3.05, 3.63) is 66.5 Å². The maximum absolute atomic E-state index is 12.9. The van der Waals surface area contributed by atoms with Gasteiger partial charge in [0.15, 0.2) is 0 Å². The second kappa shape index (κ2) is 11.2. The summed E-state index contributed by atoms with van der Waals surface area (Å²) in [5.74, 6) is 1.57. The van der Waals surface area contributed by atoms with Crippen LogP contribution in [0.5, 0.6) is 29.0 Å². The third-order valence-corrected chi connectivity index (χ3v) is 7.33. The number of benzene rings is 2. The molecule has 3 heterocycles. The van der Waals surface area contributed by atoms with Crippen LogP contribution in [0.25, 0.3) is 0 Å². The highest BCUT2D eigenvalue weighted by Gasteiger charge is 2.20. The zero-order valence-corrected chi connectivity index (χ0v) is 22.6. The van der Waals surface area contributed by atoms with Crippen molar-refractivity contribution in [3.63, 3.8) is 0 Å². The molecule has 2 aromatic carbocycles. The highest BCUT2D eigenvalue weighted by molar-refractivity contribution is 7.92. The molecule has 5 rings (SSSR count). The van der Waals surface area contributed by atoms with Gasteiger partial charge in [-0.05, 0) is 42.8 Å². The number of aromatic nitrogens is 4. The standard InChI is InChI=1S/C26H29N7O5S/c1-18-4-7-21(36-3)14-23(18)38-25-15-24(29-26(30-25)31-39(34,35)22-16-28-32(2)17-22)37-20-8-5-19(6-9-20)33-12-10-27-11-13-33/h4-9,14-17,27H,10-13H2,1-3H3,(H,29,30,31). The number of rotatable bonds is 9. The van der Waals surface area contributed by atoms with Gasteiger partial charge >= 0.3 is 0 Å². The summed E-state index contributed by atoms with van der Waals surface area (Å²) < 4.78 is 47.0. The van der Waals surface area contributed by atoms with E-state index < -0.39 is 10.0 Å². The Hall–Kier alpha value is -4.36. The number of sulfonamides is 1. The average Bonchev–Trinajstić information content (AvgIpc) is 3.38. The number of hydrogen-bond donors (Lipinski definition) is 2. The lowest BCUT2D eigenvalue weighted by Gasteiger charge is -2.29. The number of aryl methyl sites for hydroxylation is 2. The number of nitrogens with one attached hydrogen (secondary N) is 2. The van der Waals surface area contributed by atoms with Crippen molar-refractivity contribution in [1.82, 2.24) is 25.1 Å². The molecule has 0 radical (unpaired) electrons. The van der Waals surface area contributed by atoms with Crippen LogP contribution in [0.2, 0.25) is 0 Å². The molecule has 0 spiro atoms. The van der Waals surface area contributed by atoms with Gasteiger partial charge in [-0.3, -0.25) is 4.68 Å². The first-order chi connectivity index (χ1) is 18.8. The average molecular weight is 552 g/mol. The Kier molecular flexibility index (Phi) is 7.52. The Balaban J connectivity index is 1.44. The van der Waals surface area contributed by atoms with Crippen molar-refractivity contribution < 1.29 is 22.6 Å². The van der Waals surface area contributed by atoms with Gasteiger partial charge in [0.1, 0.15) is 22.1 Å².